The number of sulfone groups is 1. The molecule has 3 fully saturated rings. The van der Waals surface area contributed by atoms with Gasteiger partial charge in [0, 0.05) is 43.0 Å². The van der Waals surface area contributed by atoms with E-state index in [1.165, 1.54) is 54.6 Å². The summed E-state index contributed by atoms with van der Waals surface area (Å²) in [6.45, 7) is 6.72. The van der Waals surface area contributed by atoms with Gasteiger partial charge in [0.15, 0.2) is 9.84 Å². The predicted octanol–water partition coefficient (Wildman–Crippen LogP) is 6.49. The van der Waals surface area contributed by atoms with Gasteiger partial charge < -0.3 is 9.47 Å². The minimum atomic E-state index is -3.38. The molecule has 3 aromatic carbocycles. The zero-order valence-corrected chi connectivity index (χ0v) is 27.5. The van der Waals surface area contributed by atoms with E-state index in [0.717, 1.165) is 37.1 Å². The van der Waals surface area contributed by atoms with Crippen molar-refractivity contribution in [1.29, 1.82) is 0 Å². The summed E-state index contributed by atoms with van der Waals surface area (Å²) < 4.78 is 26.7. The number of fused-ring (bicyclic) bond motifs is 3. The molecule has 4 heterocycles. The molecule has 0 saturated carbocycles. The molecule has 45 heavy (non-hydrogen) atoms. The molecule has 0 N–H and O–H groups in total. The molecule has 7 rings (SSSR count). The monoisotopic (exact) mass is 624 g/mol. The van der Waals surface area contributed by atoms with E-state index in [1.807, 2.05) is 4.90 Å². The van der Waals surface area contributed by atoms with Crippen LogP contribution in [0.4, 0.5) is 0 Å². The Kier molecular flexibility index (Phi) is 7.85. The molecule has 0 radical (unpaired) electrons. The van der Waals surface area contributed by atoms with E-state index in [4.69, 9.17) is 4.98 Å². The first kappa shape index (κ1) is 30.2. The van der Waals surface area contributed by atoms with Gasteiger partial charge in [-0.25, -0.2) is 13.4 Å². The molecule has 1 unspecified atom stereocenters. The van der Waals surface area contributed by atoms with Crippen molar-refractivity contribution in [2.45, 2.75) is 87.2 Å². The fourth-order valence-corrected chi connectivity index (χ4v) is 9.30. The lowest BCUT2D eigenvalue weighted by molar-refractivity contribution is 0.0606. The van der Waals surface area contributed by atoms with E-state index in [0.29, 0.717) is 36.8 Å². The molecule has 7 nitrogen and oxygen atoms in total. The van der Waals surface area contributed by atoms with Gasteiger partial charge in [0.25, 0.3) is 5.91 Å². The molecule has 3 atom stereocenters. The van der Waals surface area contributed by atoms with Crippen molar-refractivity contribution in [3.8, 4) is 0 Å². The summed E-state index contributed by atoms with van der Waals surface area (Å²) >= 11 is 0. The van der Waals surface area contributed by atoms with Crippen LogP contribution in [0.2, 0.25) is 0 Å². The molecule has 3 aliphatic heterocycles. The molecule has 1 amide bonds. The number of piperidine rings is 2. The van der Waals surface area contributed by atoms with Crippen LogP contribution in [0, 0.1) is 13.8 Å². The van der Waals surface area contributed by atoms with Crippen molar-refractivity contribution in [1.82, 2.24) is 19.4 Å². The Morgan fingerprint density at radius 2 is 1.60 bits per heavy atom. The zero-order chi connectivity index (χ0) is 31.3. The predicted molar refractivity (Wildman–Crippen MR) is 178 cm³/mol. The second-order valence-electron chi connectivity index (χ2n) is 13.8. The van der Waals surface area contributed by atoms with Crippen LogP contribution in [0.3, 0.4) is 0 Å². The van der Waals surface area contributed by atoms with Gasteiger partial charge >= 0.3 is 0 Å². The number of amides is 1. The number of hydrogen-bond acceptors (Lipinski definition) is 5. The Morgan fingerprint density at radius 1 is 0.889 bits per heavy atom. The smallest absolute Gasteiger partial charge is 0.253 e. The van der Waals surface area contributed by atoms with Crippen LogP contribution in [-0.2, 0) is 15.3 Å². The first-order chi connectivity index (χ1) is 21.6. The molecule has 3 saturated heterocycles. The molecule has 3 aliphatic rings. The fourth-order valence-electron chi connectivity index (χ4n) is 8.63. The van der Waals surface area contributed by atoms with Crippen molar-refractivity contribution in [2.24, 2.45) is 0 Å². The first-order valence-electron chi connectivity index (χ1n) is 16.5. The van der Waals surface area contributed by atoms with E-state index in [-0.39, 0.29) is 16.2 Å². The maximum absolute atomic E-state index is 13.5. The maximum atomic E-state index is 13.5. The number of carbonyl (C=O) groups is 1. The van der Waals surface area contributed by atoms with E-state index in [1.54, 1.807) is 18.2 Å². The van der Waals surface area contributed by atoms with Crippen molar-refractivity contribution in [2.75, 3.05) is 25.9 Å². The Labute approximate surface area is 267 Å². The average molecular weight is 625 g/mol. The van der Waals surface area contributed by atoms with Crippen molar-refractivity contribution in [3.05, 3.63) is 95.3 Å². The van der Waals surface area contributed by atoms with E-state index in [2.05, 4.69) is 71.8 Å². The fraction of sp³-hybridized carbons (Fsp3) is 0.459. The van der Waals surface area contributed by atoms with Gasteiger partial charge in [-0.3, -0.25) is 9.69 Å². The summed E-state index contributed by atoms with van der Waals surface area (Å²) in [5.41, 5.74) is 5.46. The third-order valence-electron chi connectivity index (χ3n) is 11.0. The van der Waals surface area contributed by atoms with Gasteiger partial charge in [-0.05, 0) is 107 Å². The number of imidazole rings is 1. The number of nitrogens with zero attached hydrogens (tertiary/aromatic N) is 4. The third-order valence-corrected chi connectivity index (χ3v) is 12.1. The normalized spacial score (nSPS) is 23.4. The quantitative estimate of drug-likeness (QED) is 0.235. The summed E-state index contributed by atoms with van der Waals surface area (Å²) in [6, 6.07) is 25.7. The molecule has 0 aliphatic carbocycles. The van der Waals surface area contributed by atoms with E-state index < -0.39 is 9.84 Å². The van der Waals surface area contributed by atoms with Gasteiger partial charge in [0.1, 0.15) is 5.82 Å². The highest BCUT2D eigenvalue weighted by atomic mass is 32.2. The van der Waals surface area contributed by atoms with Gasteiger partial charge in [-0.15, -0.1) is 0 Å². The number of aromatic nitrogens is 2. The zero-order valence-electron chi connectivity index (χ0n) is 26.7. The van der Waals surface area contributed by atoms with Crippen molar-refractivity contribution >= 4 is 26.8 Å². The Hall–Kier alpha value is -3.49. The second kappa shape index (κ2) is 11.7. The van der Waals surface area contributed by atoms with Crippen LogP contribution < -0.4 is 0 Å². The number of carbonyl (C=O) groups excluding carboxylic acids is 1. The summed E-state index contributed by atoms with van der Waals surface area (Å²) in [4.78, 5) is 23.3. The molecule has 0 spiro atoms. The molecule has 1 aromatic heterocycles. The molecule has 4 aromatic rings. The lowest BCUT2D eigenvalue weighted by Crippen LogP contribution is -2.49. The topological polar surface area (TPSA) is 75.5 Å². The van der Waals surface area contributed by atoms with E-state index in [9.17, 15) is 13.2 Å². The first-order valence-corrected chi connectivity index (χ1v) is 18.4. The van der Waals surface area contributed by atoms with Crippen molar-refractivity contribution in [3.63, 3.8) is 0 Å². The average Bonchev–Trinajstić information content (AvgIpc) is 3.49. The van der Waals surface area contributed by atoms with Gasteiger partial charge in [-0.2, -0.15) is 0 Å². The molecule has 2 bridgehead atoms. The molecule has 8 heteroatoms. The minimum absolute atomic E-state index is 0.00479. The number of para-hydroxylation sites is 2. The summed E-state index contributed by atoms with van der Waals surface area (Å²) in [7, 11) is -3.38. The summed E-state index contributed by atoms with van der Waals surface area (Å²) in [5.74, 6) is 1.04. The third kappa shape index (κ3) is 5.72. The van der Waals surface area contributed by atoms with Crippen LogP contribution in [-0.4, -0.2) is 71.6 Å². The molecular weight excluding hydrogens is 580 g/mol. The number of likely N-dealkylation sites (tertiary alicyclic amines) is 1. The lowest BCUT2D eigenvalue weighted by Gasteiger charge is -2.46. The Bertz CT molecular complexity index is 1830. The van der Waals surface area contributed by atoms with Gasteiger partial charge in [-0.1, -0.05) is 48.0 Å². The second-order valence-corrected chi connectivity index (χ2v) is 15.8. The lowest BCUT2D eigenvalue weighted by atomic mass is 9.70. The number of rotatable bonds is 7. The number of aryl methyl sites for hydroxylation is 2. The van der Waals surface area contributed by atoms with Crippen LogP contribution in [0.25, 0.3) is 11.0 Å². The number of hydrogen-bond donors (Lipinski definition) is 0. The summed E-state index contributed by atoms with van der Waals surface area (Å²) in [6.07, 6.45) is 8.93. The minimum Gasteiger partial charge on any atom is -0.339 e. The van der Waals surface area contributed by atoms with Crippen LogP contribution in [0.15, 0.2) is 77.7 Å². The van der Waals surface area contributed by atoms with Crippen LogP contribution in [0.5, 0.6) is 0 Å². The van der Waals surface area contributed by atoms with Gasteiger partial charge in [0.2, 0.25) is 0 Å². The Balaban J connectivity index is 1.08. The highest BCUT2D eigenvalue weighted by molar-refractivity contribution is 7.90. The number of benzene rings is 3. The molecule has 236 valence electrons. The Morgan fingerprint density at radius 3 is 2.31 bits per heavy atom. The standard InChI is InChI=1S/C37H44N4O3S/c1-26-8-6-10-29(22-26)37(16-19-39(20-17-37)36(42)28-9-7-11-33(23-28)45(3,43)44)18-21-40-30-14-15-31(40)25-32(24-30)41-27(2)38-34-12-4-5-13-35(34)41/h4-13,22-23,30-32H,14-21,24-25H2,1-3H3/t30-,31+,32?. The largest absolute Gasteiger partial charge is 0.339 e. The van der Waals surface area contributed by atoms with Crippen LogP contribution >= 0.6 is 0 Å². The van der Waals surface area contributed by atoms with E-state index >= 15 is 0 Å². The van der Waals surface area contributed by atoms with Gasteiger partial charge in [0.05, 0.1) is 15.9 Å². The highest BCUT2D eigenvalue weighted by Gasteiger charge is 2.44. The van der Waals surface area contributed by atoms with Crippen LogP contribution in [0.1, 0.15) is 78.3 Å². The SMILES string of the molecule is Cc1cccc(C2(CCN3[C@@H]4CC[C@H]3CC(n3c(C)nc5ccccc53)C4)CCN(C(=O)c3cccc(S(C)(=O)=O)c3)CC2)c1. The van der Waals surface area contributed by atoms with Crippen molar-refractivity contribution < 1.29 is 13.2 Å². The highest BCUT2D eigenvalue weighted by Crippen LogP contribution is 2.45. The maximum Gasteiger partial charge on any atom is 0.253 e. The molecular formula is C37H44N4O3S. The summed E-state index contributed by atoms with van der Waals surface area (Å²) in [5, 5.41) is 0.